The van der Waals surface area contributed by atoms with E-state index in [1.807, 2.05) is 0 Å². The molecule has 0 aliphatic heterocycles. The van der Waals surface area contributed by atoms with Crippen LogP contribution in [0.15, 0.2) is 60.8 Å². The molecule has 0 radical (unpaired) electrons. The first-order valence-corrected chi connectivity index (χ1v) is 42.6. The number of aliphatic hydroxyl groups is 2. The lowest BCUT2D eigenvalue weighted by molar-refractivity contribution is -0.161. The molecular formula is C79H146O16P2. The zero-order chi connectivity index (χ0) is 70.9. The Labute approximate surface area is 592 Å². The highest BCUT2D eigenvalue weighted by molar-refractivity contribution is 7.47. The van der Waals surface area contributed by atoms with Gasteiger partial charge in [0.2, 0.25) is 0 Å². The van der Waals surface area contributed by atoms with Crippen molar-refractivity contribution >= 4 is 33.6 Å². The average Bonchev–Trinajstić information content (AvgIpc) is 1.84. The molecule has 97 heavy (non-hydrogen) atoms. The van der Waals surface area contributed by atoms with Gasteiger partial charge in [-0.1, -0.05) is 345 Å². The van der Waals surface area contributed by atoms with Crippen LogP contribution in [-0.4, -0.2) is 95.9 Å². The third-order valence-electron chi connectivity index (χ3n) is 17.3. The minimum Gasteiger partial charge on any atom is -0.463 e. The Kier molecular flexibility index (Phi) is 70.9. The van der Waals surface area contributed by atoms with E-state index in [1.54, 1.807) is 0 Å². The number of aliphatic hydroxyl groups excluding tert-OH is 2. The first-order valence-electron chi connectivity index (χ1n) is 39.6. The summed E-state index contributed by atoms with van der Waals surface area (Å²) >= 11 is 0. The fourth-order valence-electron chi connectivity index (χ4n) is 11.2. The molecule has 0 spiro atoms. The van der Waals surface area contributed by atoms with Gasteiger partial charge in [0.25, 0.3) is 0 Å². The quantitative estimate of drug-likeness (QED) is 0.0146. The van der Waals surface area contributed by atoms with E-state index in [0.29, 0.717) is 19.3 Å². The Hall–Kier alpha value is -2.75. The monoisotopic (exact) mass is 1410 g/mol. The lowest BCUT2D eigenvalue weighted by atomic mass is 10.0. The second-order valence-corrected chi connectivity index (χ2v) is 29.8. The summed E-state index contributed by atoms with van der Waals surface area (Å²) < 4.78 is 61.1. The van der Waals surface area contributed by atoms with Crippen molar-refractivity contribution in [2.24, 2.45) is 0 Å². The molecule has 0 amide bonds. The molecule has 568 valence electrons. The number of phosphoric acid groups is 2. The predicted octanol–water partition coefficient (Wildman–Crippen LogP) is 22.9. The van der Waals surface area contributed by atoms with Gasteiger partial charge in [0.1, 0.15) is 25.4 Å². The lowest BCUT2D eigenvalue weighted by Gasteiger charge is -2.21. The minimum atomic E-state index is -4.92. The van der Waals surface area contributed by atoms with Crippen LogP contribution in [0, 0.1) is 0 Å². The maximum atomic E-state index is 12.9. The summed E-state index contributed by atoms with van der Waals surface area (Å²) in [6.45, 7) is 2.65. The number of allylic oxidation sites excluding steroid dienone is 10. The summed E-state index contributed by atoms with van der Waals surface area (Å²) in [5.74, 6) is -1.54. The normalized spacial score (nSPS) is 14.3. The van der Waals surface area contributed by atoms with Crippen LogP contribution in [0.2, 0.25) is 0 Å². The number of esters is 3. The zero-order valence-corrected chi connectivity index (χ0v) is 63.8. The highest BCUT2D eigenvalue weighted by Crippen LogP contribution is 2.45. The fourth-order valence-corrected chi connectivity index (χ4v) is 12.8. The summed E-state index contributed by atoms with van der Waals surface area (Å²) in [5.41, 5.74) is 0. The summed E-state index contributed by atoms with van der Waals surface area (Å²) in [7, 11) is -9.76. The highest BCUT2D eigenvalue weighted by atomic mass is 31.2. The molecule has 5 atom stereocenters. The van der Waals surface area contributed by atoms with Crippen molar-refractivity contribution in [1.29, 1.82) is 0 Å². The molecule has 0 aromatic heterocycles. The fraction of sp³-hybridized carbons (Fsp3) is 0.835. The van der Waals surface area contributed by atoms with Crippen LogP contribution < -0.4 is 0 Å². The maximum absolute atomic E-state index is 12.9. The molecule has 0 saturated heterocycles. The number of rotatable bonds is 76. The van der Waals surface area contributed by atoms with Crippen molar-refractivity contribution in [1.82, 2.24) is 0 Å². The van der Waals surface area contributed by atoms with Crippen LogP contribution in [0.1, 0.15) is 367 Å². The highest BCUT2D eigenvalue weighted by Gasteiger charge is 2.29. The van der Waals surface area contributed by atoms with Crippen molar-refractivity contribution in [2.75, 3.05) is 39.6 Å². The van der Waals surface area contributed by atoms with E-state index in [4.69, 9.17) is 32.3 Å². The van der Waals surface area contributed by atoms with Gasteiger partial charge in [-0.3, -0.25) is 32.5 Å². The molecule has 0 aromatic rings. The molecule has 0 rings (SSSR count). The molecule has 5 unspecified atom stereocenters. The predicted molar refractivity (Wildman–Crippen MR) is 399 cm³/mol. The van der Waals surface area contributed by atoms with Crippen LogP contribution in [0.4, 0.5) is 0 Å². The van der Waals surface area contributed by atoms with Crippen LogP contribution in [0.3, 0.4) is 0 Å². The summed E-state index contributed by atoms with van der Waals surface area (Å²) in [5, 5.41) is 20.6. The Balaban J connectivity index is 4.39. The van der Waals surface area contributed by atoms with Crippen molar-refractivity contribution in [2.45, 2.75) is 386 Å². The molecule has 4 N–H and O–H groups in total. The van der Waals surface area contributed by atoms with Crippen LogP contribution in [-0.2, 0) is 55.8 Å². The second-order valence-electron chi connectivity index (χ2n) is 26.9. The number of hydrogen-bond donors (Lipinski definition) is 4. The van der Waals surface area contributed by atoms with E-state index >= 15 is 0 Å². The van der Waals surface area contributed by atoms with Gasteiger partial charge in [-0.25, -0.2) is 9.13 Å². The number of ether oxygens (including phenoxy) is 3. The third-order valence-corrected chi connectivity index (χ3v) is 19.2. The SMILES string of the molecule is CC/C=C\C/C=C\C/C=C\C/C=C\C/C=C\CCCCCCCCCCCCCCCCCC(=O)OCC(O)COP(=O)(O)OCC(O)COP(=O)(O)OCC(COC(=O)CCCCCCCCCCCCCCCCC)OC(=O)CCCCCCCCCCCCCCCCC. The molecule has 0 saturated carbocycles. The number of carbonyl (C=O) groups excluding carboxylic acids is 3. The van der Waals surface area contributed by atoms with E-state index in [1.165, 1.54) is 218 Å². The van der Waals surface area contributed by atoms with Gasteiger partial charge in [0, 0.05) is 19.3 Å². The first-order chi connectivity index (χ1) is 47.2. The first kappa shape index (κ1) is 94.2. The van der Waals surface area contributed by atoms with Crippen molar-refractivity contribution in [3.8, 4) is 0 Å². The minimum absolute atomic E-state index is 0.114. The van der Waals surface area contributed by atoms with Crippen molar-refractivity contribution < 1.29 is 75.8 Å². The molecular weight excluding hydrogens is 1270 g/mol. The molecule has 18 heteroatoms. The van der Waals surface area contributed by atoms with Crippen LogP contribution >= 0.6 is 15.6 Å². The molecule has 0 aromatic carbocycles. The van der Waals surface area contributed by atoms with Crippen molar-refractivity contribution in [3.05, 3.63) is 60.8 Å². The number of hydrogen-bond acceptors (Lipinski definition) is 14. The van der Waals surface area contributed by atoms with E-state index < -0.39 is 91.5 Å². The van der Waals surface area contributed by atoms with Crippen LogP contribution in [0.25, 0.3) is 0 Å². The standard InChI is InChI=1S/C79H146O16P2/c1-4-7-10-13-16-19-22-25-28-29-30-31-32-33-34-35-36-37-38-39-40-41-42-43-46-48-50-53-56-59-62-65-77(82)89-68-74(80)69-91-96(85,86)92-70-75(81)71-93-97(87,88)94-73-76(95-79(84)67-64-61-58-55-52-49-45-27-24-21-18-15-12-9-6-3)72-90-78(83)66-63-60-57-54-51-47-44-26-23-20-17-14-11-8-5-2/h7,10,16,19,25,28,30-31,33-34,74-76,80-81H,4-6,8-9,11-15,17-18,20-24,26-27,29,32,35-73H2,1-3H3,(H,85,86)(H,87,88)/b10-7-,19-16-,28-25-,31-30-,34-33-. The average molecular weight is 1410 g/mol. The second kappa shape index (κ2) is 73.0. The van der Waals surface area contributed by atoms with Gasteiger partial charge in [-0.2, -0.15) is 0 Å². The molecule has 0 aliphatic carbocycles. The maximum Gasteiger partial charge on any atom is 0.472 e. The lowest BCUT2D eigenvalue weighted by Crippen LogP contribution is -2.30. The Morgan fingerprint density at radius 3 is 0.866 bits per heavy atom. The molecule has 0 fully saturated rings. The van der Waals surface area contributed by atoms with E-state index in [2.05, 4.69) is 81.5 Å². The van der Waals surface area contributed by atoms with Crippen molar-refractivity contribution in [3.63, 3.8) is 0 Å². The number of phosphoric ester groups is 2. The van der Waals surface area contributed by atoms with E-state index in [-0.39, 0.29) is 19.3 Å². The van der Waals surface area contributed by atoms with Gasteiger partial charge >= 0.3 is 33.6 Å². The molecule has 16 nitrogen and oxygen atoms in total. The summed E-state index contributed by atoms with van der Waals surface area (Å²) in [4.78, 5) is 58.6. The van der Waals surface area contributed by atoms with Gasteiger partial charge in [0.15, 0.2) is 6.10 Å². The van der Waals surface area contributed by atoms with Gasteiger partial charge in [0.05, 0.1) is 26.4 Å². The third kappa shape index (κ3) is 74.3. The zero-order valence-electron chi connectivity index (χ0n) is 62.0. The number of unbranched alkanes of at least 4 members (excludes halogenated alkanes) is 43. The van der Waals surface area contributed by atoms with E-state index in [9.17, 15) is 43.5 Å². The topological polar surface area (TPSA) is 231 Å². The summed E-state index contributed by atoms with van der Waals surface area (Å²) in [6.07, 6.45) is 78.5. The Morgan fingerprint density at radius 1 is 0.299 bits per heavy atom. The molecule has 0 heterocycles. The van der Waals surface area contributed by atoms with Gasteiger partial charge in [-0.15, -0.1) is 0 Å². The largest absolute Gasteiger partial charge is 0.472 e. The Morgan fingerprint density at radius 2 is 0.546 bits per heavy atom. The molecule has 0 aliphatic rings. The van der Waals surface area contributed by atoms with Crippen LogP contribution in [0.5, 0.6) is 0 Å². The summed E-state index contributed by atoms with van der Waals surface area (Å²) in [6, 6.07) is 0. The Bertz CT molecular complexity index is 2010. The van der Waals surface area contributed by atoms with Gasteiger partial charge < -0.3 is 34.2 Å². The smallest absolute Gasteiger partial charge is 0.463 e. The number of carbonyl (C=O) groups is 3. The van der Waals surface area contributed by atoms with E-state index in [0.717, 1.165) is 89.9 Å². The van der Waals surface area contributed by atoms with Gasteiger partial charge in [-0.05, 0) is 64.2 Å². The molecule has 0 bridgehead atoms.